The van der Waals surface area contributed by atoms with Crippen molar-refractivity contribution in [2.75, 3.05) is 19.7 Å². The van der Waals surface area contributed by atoms with Crippen molar-refractivity contribution in [3.8, 4) is 5.75 Å². The normalized spacial score (nSPS) is 11.0. The lowest BCUT2D eigenvalue weighted by molar-refractivity contribution is -0.123. The molecule has 1 aromatic carbocycles. The summed E-state index contributed by atoms with van der Waals surface area (Å²) in [6, 6.07) is 5.21. The van der Waals surface area contributed by atoms with E-state index in [1.54, 1.807) is 6.07 Å². The average Bonchev–Trinajstić information content (AvgIpc) is 2.41. The Morgan fingerprint density at radius 2 is 1.95 bits per heavy atom. The molecule has 0 aromatic heterocycles. The topological polar surface area (TPSA) is 50.4 Å². The van der Waals surface area contributed by atoms with Gasteiger partial charge in [0.15, 0.2) is 18.2 Å². The van der Waals surface area contributed by atoms with Gasteiger partial charge < -0.3 is 15.4 Å². The van der Waals surface area contributed by atoms with Crippen LogP contribution in [0.1, 0.15) is 39.2 Å². The van der Waals surface area contributed by atoms with E-state index in [1.807, 2.05) is 33.8 Å². The van der Waals surface area contributed by atoms with Crippen molar-refractivity contribution in [1.29, 1.82) is 0 Å². The van der Waals surface area contributed by atoms with Gasteiger partial charge in [0.25, 0.3) is 5.91 Å². The quantitative estimate of drug-likeness (QED) is 0.725. The van der Waals surface area contributed by atoms with E-state index in [2.05, 4.69) is 10.6 Å². The first kappa shape index (κ1) is 17.4. The van der Waals surface area contributed by atoms with Gasteiger partial charge in [-0.15, -0.1) is 0 Å². The van der Waals surface area contributed by atoms with Gasteiger partial charge in [-0.25, -0.2) is 4.39 Å². The van der Waals surface area contributed by atoms with Crippen LogP contribution in [0.4, 0.5) is 4.39 Å². The lowest BCUT2D eigenvalue weighted by Crippen LogP contribution is -2.36. The third-order valence-corrected chi connectivity index (χ3v) is 2.98. The van der Waals surface area contributed by atoms with E-state index in [9.17, 15) is 9.18 Å². The summed E-state index contributed by atoms with van der Waals surface area (Å²) in [5.74, 6) is -0.330. The molecule has 1 rings (SSSR count). The first-order valence-electron chi connectivity index (χ1n) is 7.32. The van der Waals surface area contributed by atoms with Crippen molar-refractivity contribution in [3.63, 3.8) is 0 Å². The molecule has 0 aliphatic rings. The lowest BCUT2D eigenvalue weighted by atomic mass is 10.0. The molecule has 21 heavy (non-hydrogen) atoms. The number of rotatable bonds is 8. The third-order valence-electron chi connectivity index (χ3n) is 2.98. The van der Waals surface area contributed by atoms with Gasteiger partial charge in [0.1, 0.15) is 0 Å². The number of nitrogens with one attached hydrogen (secondary N) is 2. The van der Waals surface area contributed by atoms with Crippen LogP contribution in [-0.4, -0.2) is 31.6 Å². The largest absolute Gasteiger partial charge is 0.481 e. The van der Waals surface area contributed by atoms with Crippen LogP contribution < -0.4 is 15.4 Å². The van der Waals surface area contributed by atoms with Gasteiger partial charge in [0.2, 0.25) is 0 Å². The van der Waals surface area contributed by atoms with E-state index in [-0.39, 0.29) is 24.2 Å². The zero-order valence-corrected chi connectivity index (χ0v) is 13.2. The molecule has 0 aliphatic carbocycles. The second kappa shape index (κ2) is 8.62. The predicted molar refractivity (Wildman–Crippen MR) is 82.1 cm³/mol. The molecule has 0 bridgehead atoms. The second-order valence-electron chi connectivity index (χ2n) is 5.59. The number of benzene rings is 1. The zero-order chi connectivity index (χ0) is 15.8. The smallest absolute Gasteiger partial charge is 0.257 e. The molecule has 1 aromatic rings. The van der Waals surface area contributed by atoms with E-state index in [0.29, 0.717) is 19.1 Å². The molecule has 2 N–H and O–H groups in total. The van der Waals surface area contributed by atoms with E-state index in [1.165, 1.54) is 6.07 Å². The molecule has 0 saturated heterocycles. The molecule has 0 saturated carbocycles. The van der Waals surface area contributed by atoms with Gasteiger partial charge in [-0.1, -0.05) is 33.8 Å². The van der Waals surface area contributed by atoms with Crippen molar-refractivity contribution in [2.45, 2.75) is 39.7 Å². The highest BCUT2D eigenvalue weighted by Gasteiger charge is 2.09. The van der Waals surface area contributed by atoms with Gasteiger partial charge in [-0.2, -0.15) is 0 Å². The van der Waals surface area contributed by atoms with E-state index < -0.39 is 5.82 Å². The summed E-state index contributed by atoms with van der Waals surface area (Å²) in [4.78, 5) is 11.6. The first-order chi connectivity index (χ1) is 9.90. The molecule has 0 radical (unpaired) electrons. The summed E-state index contributed by atoms with van der Waals surface area (Å²) in [6.07, 6.45) is 0. The molecule has 118 valence electrons. The molecule has 0 heterocycles. The van der Waals surface area contributed by atoms with Crippen molar-refractivity contribution < 1.29 is 13.9 Å². The molecule has 1 amide bonds. The highest BCUT2D eigenvalue weighted by molar-refractivity contribution is 5.77. The van der Waals surface area contributed by atoms with E-state index in [4.69, 9.17) is 4.74 Å². The standard InChI is InChI=1S/C16H25FN2O2/c1-11(2)13-5-6-15(14(17)9-13)21-10-16(20)19-8-7-18-12(3)4/h5-6,9,11-12,18H,7-8,10H2,1-4H3,(H,19,20). The summed E-state index contributed by atoms with van der Waals surface area (Å²) >= 11 is 0. The van der Waals surface area contributed by atoms with Crippen LogP contribution in [0.2, 0.25) is 0 Å². The molecular formula is C16H25FN2O2. The van der Waals surface area contributed by atoms with Crippen LogP contribution in [0.3, 0.4) is 0 Å². The Morgan fingerprint density at radius 3 is 2.52 bits per heavy atom. The van der Waals surface area contributed by atoms with Crippen LogP contribution in [0.15, 0.2) is 18.2 Å². The Hall–Kier alpha value is -1.62. The summed E-state index contributed by atoms with van der Waals surface area (Å²) in [6.45, 7) is 9.10. The van der Waals surface area contributed by atoms with Gasteiger partial charge in [0, 0.05) is 19.1 Å². The van der Waals surface area contributed by atoms with Gasteiger partial charge >= 0.3 is 0 Å². The van der Waals surface area contributed by atoms with Gasteiger partial charge in [0.05, 0.1) is 0 Å². The van der Waals surface area contributed by atoms with Crippen molar-refractivity contribution in [3.05, 3.63) is 29.6 Å². The minimum Gasteiger partial charge on any atom is -0.481 e. The summed E-state index contributed by atoms with van der Waals surface area (Å²) in [5, 5.41) is 5.89. The number of ether oxygens (including phenoxy) is 1. The fraction of sp³-hybridized carbons (Fsp3) is 0.562. The number of hydrogen-bond donors (Lipinski definition) is 2. The highest BCUT2D eigenvalue weighted by atomic mass is 19.1. The number of carbonyl (C=O) groups excluding carboxylic acids is 1. The maximum Gasteiger partial charge on any atom is 0.257 e. The number of hydrogen-bond acceptors (Lipinski definition) is 3. The average molecular weight is 296 g/mol. The molecule has 0 spiro atoms. The minimum atomic E-state index is -0.435. The fourth-order valence-corrected chi connectivity index (χ4v) is 1.75. The van der Waals surface area contributed by atoms with Crippen LogP contribution >= 0.6 is 0 Å². The Labute approximate surface area is 126 Å². The lowest BCUT2D eigenvalue weighted by Gasteiger charge is -2.11. The zero-order valence-electron chi connectivity index (χ0n) is 13.2. The Kier molecular flexibility index (Phi) is 7.15. The highest BCUT2D eigenvalue weighted by Crippen LogP contribution is 2.22. The minimum absolute atomic E-state index is 0.106. The Balaban J connectivity index is 2.36. The monoisotopic (exact) mass is 296 g/mol. The number of amides is 1. The third kappa shape index (κ3) is 6.58. The SMILES string of the molecule is CC(C)NCCNC(=O)COc1ccc(C(C)C)cc1F. The van der Waals surface area contributed by atoms with Crippen molar-refractivity contribution in [2.24, 2.45) is 0 Å². The molecule has 0 unspecified atom stereocenters. The van der Waals surface area contributed by atoms with Crippen molar-refractivity contribution >= 4 is 5.91 Å². The Morgan fingerprint density at radius 1 is 1.24 bits per heavy atom. The Bertz CT molecular complexity index is 462. The summed E-state index contributed by atoms with van der Waals surface area (Å²) < 4.78 is 19.0. The first-order valence-corrected chi connectivity index (χ1v) is 7.32. The molecule has 0 fully saturated rings. The number of carbonyl (C=O) groups is 1. The van der Waals surface area contributed by atoms with Gasteiger partial charge in [-0.3, -0.25) is 4.79 Å². The second-order valence-corrected chi connectivity index (χ2v) is 5.59. The summed E-state index contributed by atoms with van der Waals surface area (Å²) in [7, 11) is 0. The molecule has 4 nitrogen and oxygen atoms in total. The predicted octanol–water partition coefficient (Wildman–Crippen LogP) is 2.44. The van der Waals surface area contributed by atoms with E-state index in [0.717, 1.165) is 5.56 Å². The van der Waals surface area contributed by atoms with Gasteiger partial charge in [-0.05, 0) is 23.6 Å². The summed E-state index contributed by atoms with van der Waals surface area (Å²) in [5.41, 5.74) is 0.907. The molecule has 0 atom stereocenters. The van der Waals surface area contributed by atoms with E-state index >= 15 is 0 Å². The fourth-order valence-electron chi connectivity index (χ4n) is 1.75. The maximum atomic E-state index is 13.8. The molecule has 0 aliphatic heterocycles. The van der Waals surface area contributed by atoms with Crippen molar-refractivity contribution in [1.82, 2.24) is 10.6 Å². The van der Waals surface area contributed by atoms with Crippen LogP contribution in [-0.2, 0) is 4.79 Å². The number of halogens is 1. The van der Waals surface area contributed by atoms with Crippen LogP contribution in [0.5, 0.6) is 5.75 Å². The maximum absolute atomic E-state index is 13.8. The molecular weight excluding hydrogens is 271 g/mol. The molecule has 5 heteroatoms. The van der Waals surface area contributed by atoms with Crippen LogP contribution in [0.25, 0.3) is 0 Å². The van der Waals surface area contributed by atoms with Crippen LogP contribution in [0, 0.1) is 5.82 Å².